The van der Waals surface area contributed by atoms with Crippen LogP contribution < -0.4 is 10.6 Å². The summed E-state index contributed by atoms with van der Waals surface area (Å²) in [4.78, 5) is 11.7. The molecule has 2 rings (SSSR count). The summed E-state index contributed by atoms with van der Waals surface area (Å²) in [5.41, 5.74) is 2.11. The lowest BCUT2D eigenvalue weighted by molar-refractivity contribution is -0.128. The van der Waals surface area contributed by atoms with Crippen LogP contribution in [-0.2, 0) is 23.1 Å². The Balaban J connectivity index is 1.68. The smallest absolute Gasteiger partial charge is 0.246 e. The average molecular weight is 266 g/mol. The lowest BCUT2D eigenvalue weighted by atomic mass is 10.1. The number of nitrogens with one attached hydrogen (secondary N) is 2. The van der Waals surface area contributed by atoms with Gasteiger partial charge in [0.15, 0.2) is 0 Å². The quantitative estimate of drug-likeness (QED) is 0.794. The Morgan fingerprint density at radius 1 is 1.58 bits per heavy atom. The average Bonchev–Trinajstić information content (AvgIpc) is 2.75. The molecule has 1 aliphatic heterocycles. The molecule has 106 valence electrons. The molecule has 0 spiro atoms. The van der Waals surface area contributed by atoms with Crippen molar-refractivity contribution in [1.82, 2.24) is 20.4 Å². The van der Waals surface area contributed by atoms with Crippen molar-refractivity contribution in [2.45, 2.75) is 32.4 Å². The third-order valence-corrected chi connectivity index (χ3v) is 3.55. The van der Waals surface area contributed by atoms with Gasteiger partial charge in [0.1, 0.15) is 6.61 Å². The molecule has 1 aromatic rings. The van der Waals surface area contributed by atoms with Gasteiger partial charge in [-0.2, -0.15) is 5.10 Å². The summed E-state index contributed by atoms with van der Waals surface area (Å²) in [5, 5.41) is 10.3. The van der Waals surface area contributed by atoms with Crippen LogP contribution in [0.5, 0.6) is 0 Å². The van der Waals surface area contributed by atoms with Crippen LogP contribution in [0, 0.1) is 6.92 Å². The first kappa shape index (κ1) is 14.0. The number of rotatable bonds is 5. The predicted octanol–water partition coefficient (Wildman–Crippen LogP) is 0.113. The molecular weight excluding hydrogens is 244 g/mol. The summed E-state index contributed by atoms with van der Waals surface area (Å²) >= 11 is 0. The van der Waals surface area contributed by atoms with Gasteiger partial charge in [0.25, 0.3) is 0 Å². The van der Waals surface area contributed by atoms with E-state index in [-0.39, 0.29) is 18.6 Å². The van der Waals surface area contributed by atoms with Gasteiger partial charge in [-0.15, -0.1) is 0 Å². The number of piperidine rings is 1. The largest absolute Gasteiger partial charge is 0.368 e. The van der Waals surface area contributed by atoms with Gasteiger partial charge in [0.2, 0.25) is 5.91 Å². The third kappa shape index (κ3) is 4.04. The highest BCUT2D eigenvalue weighted by Crippen LogP contribution is 2.07. The highest BCUT2D eigenvalue weighted by Gasteiger charge is 2.14. The van der Waals surface area contributed by atoms with Gasteiger partial charge in [-0.25, -0.2) is 0 Å². The second-order valence-electron chi connectivity index (χ2n) is 4.92. The minimum absolute atomic E-state index is 0.0678. The summed E-state index contributed by atoms with van der Waals surface area (Å²) in [7, 11) is 1.89. The minimum Gasteiger partial charge on any atom is -0.368 e. The minimum atomic E-state index is -0.0678. The van der Waals surface area contributed by atoms with Gasteiger partial charge in [-0.3, -0.25) is 9.48 Å². The van der Waals surface area contributed by atoms with Gasteiger partial charge < -0.3 is 15.4 Å². The Bertz CT molecular complexity index is 424. The van der Waals surface area contributed by atoms with Crippen LogP contribution in [-0.4, -0.2) is 41.5 Å². The highest BCUT2D eigenvalue weighted by molar-refractivity contribution is 5.77. The summed E-state index contributed by atoms with van der Waals surface area (Å²) in [6, 6.07) is 0. The molecule has 19 heavy (non-hydrogen) atoms. The fourth-order valence-electron chi connectivity index (χ4n) is 2.12. The number of carbonyl (C=O) groups is 1. The molecule has 0 saturated carbocycles. The maximum Gasteiger partial charge on any atom is 0.246 e. The summed E-state index contributed by atoms with van der Waals surface area (Å²) < 4.78 is 7.39. The van der Waals surface area contributed by atoms with Crippen LogP contribution in [0.3, 0.4) is 0 Å². The van der Waals surface area contributed by atoms with Crippen LogP contribution in [0.1, 0.15) is 24.1 Å². The molecular formula is C13H22N4O2. The molecule has 1 aromatic heterocycles. The number of nitrogens with zero attached hydrogens (tertiary/aromatic N) is 2. The number of aromatic nitrogens is 2. The van der Waals surface area contributed by atoms with Crippen LogP contribution >= 0.6 is 0 Å². The van der Waals surface area contributed by atoms with Crippen molar-refractivity contribution in [3.05, 3.63) is 17.5 Å². The Hall–Kier alpha value is -1.40. The topological polar surface area (TPSA) is 68.2 Å². The van der Waals surface area contributed by atoms with E-state index in [1.54, 1.807) is 10.9 Å². The van der Waals surface area contributed by atoms with E-state index in [0.717, 1.165) is 37.2 Å². The van der Waals surface area contributed by atoms with Crippen molar-refractivity contribution < 1.29 is 9.53 Å². The first-order chi connectivity index (χ1) is 9.16. The highest BCUT2D eigenvalue weighted by atomic mass is 16.5. The predicted molar refractivity (Wildman–Crippen MR) is 71.6 cm³/mol. The Morgan fingerprint density at radius 2 is 2.32 bits per heavy atom. The number of hydrogen-bond donors (Lipinski definition) is 2. The number of amides is 1. The molecule has 1 saturated heterocycles. The molecule has 1 amide bonds. The number of carbonyl (C=O) groups excluding carboxylic acids is 1. The van der Waals surface area contributed by atoms with Crippen molar-refractivity contribution in [2.75, 3.05) is 19.7 Å². The molecule has 0 aliphatic carbocycles. The van der Waals surface area contributed by atoms with Crippen LogP contribution in [0.4, 0.5) is 0 Å². The van der Waals surface area contributed by atoms with E-state index < -0.39 is 0 Å². The molecule has 2 heterocycles. The fraction of sp³-hybridized carbons (Fsp3) is 0.692. The SMILES string of the molecule is Cc1c(CNC(=O)COC2CCNCC2)cnn1C. The van der Waals surface area contributed by atoms with E-state index >= 15 is 0 Å². The molecule has 1 fully saturated rings. The molecule has 1 aliphatic rings. The van der Waals surface area contributed by atoms with E-state index in [1.165, 1.54) is 0 Å². The molecule has 0 radical (unpaired) electrons. The van der Waals surface area contributed by atoms with Gasteiger partial charge in [0.05, 0.1) is 12.3 Å². The van der Waals surface area contributed by atoms with Crippen molar-refractivity contribution >= 4 is 5.91 Å². The molecule has 6 nitrogen and oxygen atoms in total. The van der Waals surface area contributed by atoms with E-state index in [0.29, 0.717) is 6.54 Å². The van der Waals surface area contributed by atoms with Gasteiger partial charge in [0, 0.05) is 24.8 Å². The second-order valence-corrected chi connectivity index (χ2v) is 4.92. The van der Waals surface area contributed by atoms with Crippen molar-refractivity contribution in [2.24, 2.45) is 7.05 Å². The van der Waals surface area contributed by atoms with E-state index in [1.807, 2.05) is 14.0 Å². The first-order valence-corrected chi connectivity index (χ1v) is 6.73. The van der Waals surface area contributed by atoms with Crippen LogP contribution in [0.15, 0.2) is 6.20 Å². The lowest BCUT2D eigenvalue weighted by Gasteiger charge is -2.22. The van der Waals surface area contributed by atoms with E-state index in [2.05, 4.69) is 15.7 Å². The maximum absolute atomic E-state index is 11.7. The monoisotopic (exact) mass is 266 g/mol. The van der Waals surface area contributed by atoms with Crippen molar-refractivity contribution in [1.29, 1.82) is 0 Å². The second kappa shape index (κ2) is 6.68. The summed E-state index contributed by atoms with van der Waals surface area (Å²) in [5.74, 6) is -0.0678. The van der Waals surface area contributed by atoms with Crippen molar-refractivity contribution in [3.63, 3.8) is 0 Å². The Kier molecular flexibility index (Phi) is 4.93. The molecule has 0 atom stereocenters. The molecule has 0 aromatic carbocycles. The standard InChI is InChI=1S/C13H22N4O2/c1-10-11(8-16-17(10)2)7-15-13(18)9-19-12-3-5-14-6-4-12/h8,12,14H,3-7,9H2,1-2H3,(H,15,18). The van der Waals surface area contributed by atoms with Crippen LogP contribution in [0.2, 0.25) is 0 Å². The third-order valence-electron chi connectivity index (χ3n) is 3.55. The van der Waals surface area contributed by atoms with Crippen molar-refractivity contribution in [3.8, 4) is 0 Å². The van der Waals surface area contributed by atoms with Gasteiger partial charge in [-0.05, 0) is 32.9 Å². The molecule has 6 heteroatoms. The number of hydrogen-bond acceptors (Lipinski definition) is 4. The van der Waals surface area contributed by atoms with Gasteiger partial charge in [-0.1, -0.05) is 0 Å². The van der Waals surface area contributed by atoms with E-state index in [4.69, 9.17) is 4.74 Å². The number of aryl methyl sites for hydroxylation is 1. The Labute approximate surface area is 113 Å². The fourth-order valence-corrected chi connectivity index (χ4v) is 2.12. The molecule has 2 N–H and O–H groups in total. The summed E-state index contributed by atoms with van der Waals surface area (Å²) in [6.45, 7) is 4.58. The normalized spacial score (nSPS) is 16.5. The number of ether oxygens (including phenoxy) is 1. The maximum atomic E-state index is 11.7. The van der Waals surface area contributed by atoms with E-state index in [9.17, 15) is 4.79 Å². The zero-order valence-corrected chi connectivity index (χ0v) is 11.6. The molecule has 0 unspecified atom stereocenters. The zero-order chi connectivity index (χ0) is 13.7. The van der Waals surface area contributed by atoms with Gasteiger partial charge >= 0.3 is 0 Å². The first-order valence-electron chi connectivity index (χ1n) is 6.73. The summed E-state index contributed by atoms with van der Waals surface area (Å²) in [6.07, 6.45) is 3.96. The zero-order valence-electron chi connectivity index (χ0n) is 11.6. The Morgan fingerprint density at radius 3 is 2.95 bits per heavy atom. The molecule has 0 bridgehead atoms. The lowest BCUT2D eigenvalue weighted by Crippen LogP contribution is -2.35. The van der Waals surface area contributed by atoms with Crippen LogP contribution in [0.25, 0.3) is 0 Å².